The largest absolute Gasteiger partial charge is 0.390 e. The summed E-state index contributed by atoms with van der Waals surface area (Å²) in [5.41, 5.74) is 1.77. The third-order valence-corrected chi connectivity index (χ3v) is 6.55. The average Bonchev–Trinajstić information content (AvgIpc) is 3.00. The zero-order chi connectivity index (χ0) is 17.3. The molecule has 0 radical (unpaired) electrons. The summed E-state index contributed by atoms with van der Waals surface area (Å²) >= 11 is 0. The maximum absolute atomic E-state index is 13.4. The number of aliphatic hydroxyl groups is 1. The van der Waals surface area contributed by atoms with Crippen molar-refractivity contribution in [1.82, 2.24) is 0 Å². The molecule has 3 unspecified atom stereocenters. The van der Waals surface area contributed by atoms with Crippen LogP contribution in [0.2, 0.25) is 0 Å². The second-order valence-electron chi connectivity index (χ2n) is 7.45. The Bertz CT molecular complexity index is 778. The first-order valence-corrected chi connectivity index (χ1v) is 8.98. The molecule has 6 nitrogen and oxygen atoms in total. The molecule has 1 aromatic rings. The number of anilines is 1. The third kappa shape index (κ3) is 1.70. The molecular weight excluding hydrogens is 320 g/mol. The molecular formula is C19H22N2O4. The zero-order valence-electron chi connectivity index (χ0n) is 14.4. The fourth-order valence-electron chi connectivity index (χ4n) is 5.54. The number of fused-ring (bicyclic) bond motifs is 2. The first-order valence-electron chi connectivity index (χ1n) is 8.98. The molecule has 4 bridgehead atoms. The minimum Gasteiger partial charge on any atom is -0.390 e. The smallest absolute Gasteiger partial charge is 0.264 e. The predicted molar refractivity (Wildman–Crippen MR) is 91.5 cm³/mol. The molecule has 6 rings (SSSR count). The van der Waals surface area contributed by atoms with E-state index in [9.17, 15) is 9.90 Å². The Morgan fingerprint density at radius 3 is 3.00 bits per heavy atom. The van der Waals surface area contributed by atoms with Crippen LogP contribution in [0.3, 0.4) is 0 Å². The number of aliphatic imine (C=N–C) groups is 1. The summed E-state index contributed by atoms with van der Waals surface area (Å²) in [5, 5.41) is 12.5. The van der Waals surface area contributed by atoms with Gasteiger partial charge in [0.25, 0.3) is 5.91 Å². The second-order valence-corrected chi connectivity index (χ2v) is 7.45. The number of amides is 1. The van der Waals surface area contributed by atoms with Crippen LogP contribution >= 0.6 is 0 Å². The summed E-state index contributed by atoms with van der Waals surface area (Å²) in [6.07, 6.45) is 0.113. The van der Waals surface area contributed by atoms with Crippen molar-refractivity contribution in [3.05, 3.63) is 29.8 Å². The number of carbonyl (C=O) groups excluding carboxylic acids is 1. The van der Waals surface area contributed by atoms with E-state index in [0.29, 0.717) is 13.0 Å². The molecule has 6 atom stereocenters. The molecule has 1 saturated carbocycles. The van der Waals surface area contributed by atoms with Gasteiger partial charge < -0.3 is 9.84 Å². The molecule has 1 aliphatic carbocycles. The van der Waals surface area contributed by atoms with E-state index in [1.165, 1.54) is 12.2 Å². The highest BCUT2D eigenvalue weighted by atomic mass is 16.7. The molecule has 1 spiro atoms. The summed E-state index contributed by atoms with van der Waals surface area (Å²) < 4.78 is 6.12. The Labute approximate surface area is 146 Å². The minimum absolute atomic E-state index is 0.00434. The fourth-order valence-corrected chi connectivity index (χ4v) is 5.54. The highest BCUT2D eigenvalue weighted by Crippen LogP contribution is 2.56. The van der Waals surface area contributed by atoms with Crippen molar-refractivity contribution in [2.75, 3.05) is 18.8 Å². The lowest BCUT2D eigenvalue weighted by atomic mass is 9.70. The van der Waals surface area contributed by atoms with Crippen molar-refractivity contribution < 1.29 is 19.5 Å². The summed E-state index contributed by atoms with van der Waals surface area (Å²) in [4.78, 5) is 23.7. The van der Waals surface area contributed by atoms with Gasteiger partial charge in [0.05, 0.1) is 31.5 Å². The molecule has 132 valence electrons. The first kappa shape index (κ1) is 15.5. The van der Waals surface area contributed by atoms with Gasteiger partial charge in [-0.1, -0.05) is 25.1 Å². The van der Waals surface area contributed by atoms with Gasteiger partial charge >= 0.3 is 0 Å². The van der Waals surface area contributed by atoms with Crippen LogP contribution in [0.1, 0.15) is 25.3 Å². The Hall–Kier alpha value is -1.76. The molecule has 5 aliphatic rings. The number of benzene rings is 1. The lowest BCUT2D eigenvalue weighted by Gasteiger charge is -2.42. The first-order chi connectivity index (χ1) is 12.1. The van der Waals surface area contributed by atoms with E-state index in [1.54, 1.807) is 0 Å². The minimum atomic E-state index is -0.928. The molecule has 0 aromatic heterocycles. The topological polar surface area (TPSA) is 71.4 Å². The van der Waals surface area contributed by atoms with Crippen molar-refractivity contribution in [2.24, 2.45) is 16.8 Å². The van der Waals surface area contributed by atoms with E-state index < -0.39 is 17.6 Å². The molecule has 6 heteroatoms. The van der Waals surface area contributed by atoms with Crippen molar-refractivity contribution in [2.45, 2.75) is 43.4 Å². The van der Waals surface area contributed by atoms with Gasteiger partial charge in [-0.3, -0.25) is 14.6 Å². The van der Waals surface area contributed by atoms with Crippen LogP contribution < -0.4 is 5.06 Å². The Balaban J connectivity index is 1.73. The Morgan fingerprint density at radius 2 is 2.24 bits per heavy atom. The normalized spacial score (nSPS) is 41.2. The number of rotatable bonds is 2. The molecule has 4 aliphatic heterocycles. The fraction of sp³-hybridized carbons (Fsp3) is 0.579. The van der Waals surface area contributed by atoms with Gasteiger partial charge in [0, 0.05) is 17.5 Å². The van der Waals surface area contributed by atoms with E-state index in [2.05, 4.69) is 6.92 Å². The van der Waals surface area contributed by atoms with Crippen LogP contribution in [0.5, 0.6) is 0 Å². The SMILES string of the molecule is CCC1=NC2C[C@@]3(C(=O)N(OC)c4ccccc43)[C@H]3OCC2[C@H]1C3O. The number of hydroxylamine groups is 1. The van der Waals surface area contributed by atoms with Gasteiger partial charge in [0.2, 0.25) is 0 Å². The molecule has 4 heterocycles. The lowest BCUT2D eigenvalue weighted by Crippen LogP contribution is -2.58. The number of carbonyl (C=O) groups is 1. The van der Waals surface area contributed by atoms with E-state index in [0.717, 1.165) is 23.4 Å². The van der Waals surface area contributed by atoms with Crippen LogP contribution in [0, 0.1) is 11.8 Å². The van der Waals surface area contributed by atoms with Gasteiger partial charge in [-0.2, -0.15) is 5.06 Å². The van der Waals surface area contributed by atoms with Crippen LogP contribution in [0.25, 0.3) is 0 Å². The zero-order valence-corrected chi connectivity index (χ0v) is 14.4. The highest BCUT2D eigenvalue weighted by Gasteiger charge is 2.67. The van der Waals surface area contributed by atoms with E-state index in [-0.39, 0.29) is 23.8 Å². The number of nitrogens with zero attached hydrogens (tertiary/aromatic N) is 2. The van der Waals surface area contributed by atoms with Crippen LogP contribution in [0.4, 0.5) is 5.69 Å². The van der Waals surface area contributed by atoms with E-state index in [1.807, 2.05) is 24.3 Å². The quantitative estimate of drug-likeness (QED) is 0.883. The number of hydrogen-bond donors (Lipinski definition) is 1. The Kier molecular flexibility index (Phi) is 3.18. The molecule has 3 fully saturated rings. The number of aliphatic hydroxyl groups excluding tert-OH is 1. The average molecular weight is 342 g/mol. The molecule has 1 aromatic carbocycles. The number of hydrogen-bond acceptors (Lipinski definition) is 5. The van der Waals surface area contributed by atoms with Crippen LogP contribution in [-0.2, 0) is 19.8 Å². The van der Waals surface area contributed by atoms with Gasteiger partial charge in [-0.15, -0.1) is 0 Å². The summed E-state index contributed by atoms with van der Waals surface area (Å²) in [7, 11) is 1.50. The molecule has 25 heavy (non-hydrogen) atoms. The highest BCUT2D eigenvalue weighted by molar-refractivity contribution is 6.07. The van der Waals surface area contributed by atoms with Gasteiger partial charge in [0.15, 0.2) is 0 Å². The third-order valence-electron chi connectivity index (χ3n) is 6.55. The number of para-hydroxylation sites is 1. The lowest BCUT2D eigenvalue weighted by molar-refractivity contribution is -0.152. The van der Waals surface area contributed by atoms with Gasteiger partial charge in [-0.25, -0.2) is 0 Å². The maximum atomic E-state index is 13.4. The van der Waals surface area contributed by atoms with Gasteiger partial charge in [0.1, 0.15) is 11.5 Å². The van der Waals surface area contributed by atoms with E-state index in [4.69, 9.17) is 14.6 Å². The second kappa shape index (κ2) is 5.13. The van der Waals surface area contributed by atoms with Crippen molar-refractivity contribution in [3.8, 4) is 0 Å². The van der Waals surface area contributed by atoms with Crippen LogP contribution in [-0.4, -0.2) is 48.7 Å². The molecule has 2 saturated heterocycles. The van der Waals surface area contributed by atoms with Crippen molar-refractivity contribution in [3.63, 3.8) is 0 Å². The number of ether oxygens (including phenoxy) is 1. The van der Waals surface area contributed by atoms with Gasteiger partial charge in [-0.05, 0) is 24.5 Å². The van der Waals surface area contributed by atoms with E-state index >= 15 is 0 Å². The molecule has 1 amide bonds. The summed E-state index contributed by atoms with van der Waals surface area (Å²) in [6.45, 7) is 2.63. The standard InChI is InChI=1S/C19H22N2O4/c1-3-12-15-10-9-25-17(16(15)22)19(8-13(10)20-12)11-6-4-5-7-14(11)21(24-2)18(19)23/h4-7,10,13,15-17,22H,3,8-9H2,1-2H3/t10?,13?,15-,16?,17+,19+/m1/s1. The van der Waals surface area contributed by atoms with Crippen molar-refractivity contribution >= 4 is 17.3 Å². The summed E-state index contributed by atoms with van der Waals surface area (Å²) in [6, 6.07) is 7.67. The maximum Gasteiger partial charge on any atom is 0.264 e. The van der Waals surface area contributed by atoms with Crippen molar-refractivity contribution in [1.29, 1.82) is 0 Å². The Morgan fingerprint density at radius 1 is 1.44 bits per heavy atom. The molecule has 1 N–H and O–H groups in total. The predicted octanol–water partition coefficient (Wildman–Crippen LogP) is 1.46. The summed E-state index contributed by atoms with van der Waals surface area (Å²) in [5.74, 6) is 0.0171. The monoisotopic (exact) mass is 342 g/mol. The van der Waals surface area contributed by atoms with Crippen LogP contribution in [0.15, 0.2) is 29.3 Å².